The van der Waals surface area contributed by atoms with E-state index in [0.29, 0.717) is 33.5 Å². The molecule has 1 unspecified atom stereocenters. The maximum Gasteiger partial charge on any atom is 0.262 e. The maximum atomic E-state index is 13.5. The van der Waals surface area contributed by atoms with E-state index in [1.54, 1.807) is 11.7 Å². The molecule has 0 spiro atoms. The van der Waals surface area contributed by atoms with Crippen molar-refractivity contribution >= 4 is 22.7 Å². The molecule has 5 aromatic rings. The van der Waals surface area contributed by atoms with Crippen LogP contribution in [-0.4, -0.2) is 26.8 Å². The van der Waals surface area contributed by atoms with E-state index < -0.39 is 0 Å². The Hall–Kier alpha value is -3.91. The number of thioether (sulfide) groups is 1. The number of ether oxygens (including phenoxy) is 1. The van der Waals surface area contributed by atoms with Crippen LogP contribution in [0.1, 0.15) is 24.4 Å². The number of methoxy groups -OCH3 is 1. The summed E-state index contributed by atoms with van der Waals surface area (Å²) >= 11 is 1.40. The van der Waals surface area contributed by atoms with Gasteiger partial charge in [0, 0.05) is 5.56 Å². The second-order valence-electron chi connectivity index (χ2n) is 7.71. The fourth-order valence-electron chi connectivity index (χ4n) is 3.77. The van der Waals surface area contributed by atoms with Crippen LogP contribution in [0.3, 0.4) is 0 Å². The molecule has 0 aliphatic rings. The van der Waals surface area contributed by atoms with Crippen molar-refractivity contribution in [2.75, 3.05) is 7.11 Å². The van der Waals surface area contributed by atoms with Crippen molar-refractivity contribution in [3.8, 4) is 17.1 Å². The highest BCUT2D eigenvalue weighted by atomic mass is 32.2. The minimum Gasteiger partial charge on any atom is -0.497 e. The topological polar surface area (TPSA) is 83.0 Å². The first-order chi connectivity index (χ1) is 16.6. The summed E-state index contributed by atoms with van der Waals surface area (Å²) in [5.41, 5.74) is 2.42. The highest BCUT2D eigenvalue weighted by Gasteiger charge is 2.19. The van der Waals surface area contributed by atoms with Crippen molar-refractivity contribution in [1.29, 1.82) is 0 Å². The van der Waals surface area contributed by atoms with Gasteiger partial charge < -0.3 is 9.26 Å². The molecule has 0 amide bonds. The Bertz CT molecular complexity index is 1500. The largest absolute Gasteiger partial charge is 0.497 e. The van der Waals surface area contributed by atoms with E-state index >= 15 is 0 Å². The molecule has 2 aromatic heterocycles. The average molecular weight is 471 g/mol. The van der Waals surface area contributed by atoms with Crippen LogP contribution < -0.4 is 10.3 Å². The summed E-state index contributed by atoms with van der Waals surface area (Å²) in [6.07, 6.45) is 0. The molecule has 1 atom stereocenters. The van der Waals surface area contributed by atoms with Gasteiger partial charge in [-0.1, -0.05) is 71.5 Å². The normalized spacial score (nSPS) is 12.1. The molecule has 0 aliphatic heterocycles. The maximum absolute atomic E-state index is 13.5. The summed E-state index contributed by atoms with van der Waals surface area (Å²) in [4.78, 5) is 22.8. The predicted molar refractivity (Wildman–Crippen MR) is 132 cm³/mol. The van der Waals surface area contributed by atoms with Gasteiger partial charge in [0.25, 0.3) is 5.56 Å². The van der Waals surface area contributed by atoms with Gasteiger partial charge in [0.2, 0.25) is 11.7 Å². The predicted octanol–water partition coefficient (Wildman–Crippen LogP) is 5.36. The van der Waals surface area contributed by atoms with Crippen LogP contribution in [0.2, 0.25) is 0 Å². The molecule has 8 heteroatoms. The highest BCUT2D eigenvalue weighted by molar-refractivity contribution is 7.98. The number of nitrogens with zero attached hydrogens (tertiary/aromatic N) is 4. The second-order valence-corrected chi connectivity index (χ2v) is 8.65. The lowest BCUT2D eigenvalue weighted by atomic mass is 10.1. The lowest BCUT2D eigenvalue weighted by molar-refractivity contribution is 0.391. The minimum absolute atomic E-state index is 0.0768. The Labute approximate surface area is 200 Å². The van der Waals surface area contributed by atoms with Gasteiger partial charge in [-0.05, 0) is 36.8 Å². The van der Waals surface area contributed by atoms with E-state index in [2.05, 4.69) is 10.1 Å². The highest BCUT2D eigenvalue weighted by Crippen LogP contribution is 2.28. The number of fused-ring (bicyclic) bond motifs is 1. The molecule has 0 saturated carbocycles. The van der Waals surface area contributed by atoms with E-state index in [1.165, 1.54) is 11.8 Å². The summed E-state index contributed by atoms with van der Waals surface area (Å²) in [6, 6.07) is 24.6. The Balaban J connectivity index is 1.48. The van der Waals surface area contributed by atoms with Gasteiger partial charge in [0.15, 0.2) is 5.16 Å². The summed E-state index contributed by atoms with van der Waals surface area (Å²) in [5.74, 6) is 2.03. The molecule has 0 N–H and O–H groups in total. The van der Waals surface area contributed by atoms with Crippen LogP contribution in [0.5, 0.6) is 5.75 Å². The first-order valence-electron chi connectivity index (χ1n) is 10.8. The number of benzene rings is 3. The molecule has 34 heavy (non-hydrogen) atoms. The van der Waals surface area contributed by atoms with Gasteiger partial charge in [0.05, 0.1) is 29.8 Å². The number of hydrogen-bond acceptors (Lipinski definition) is 7. The van der Waals surface area contributed by atoms with Crippen LogP contribution >= 0.6 is 11.8 Å². The first-order valence-corrected chi connectivity index (χ1v) is 11.8. The van der Waals surface area contributed by atoms with Crippen molar-refractivity contribution in [2.45, 2.75) is 23.9 Å². The number of aromatic nitrogens is 4. The third kappa shape index (κ3) is 4.32. The Morgan fingerprint density at radius 2 is 1.79 bits per heavy atom. The Kier molecular flexibility index (Phi) is 6.14. The molecule has 0 bridgehead atoms. The molecule has 0 fully saturated rings. The van der Waals surface area contributed by atoms with Crippen LogP contribution in [0.25, 0.3) is 22.3 Å². The zero-order valence-corrected chi connectivity index (χ0v) is 19.5. The molecule has 170 valence electrons. The van der Waals surface area contributed by atoms with Crippen molar-refractivity contribution in [1.82, 2.24) is 19.7 Å². The van der Waals surface area contributed by atoms with Crippen LogP contribution in [0.15, 0.2) is 93.3 Å². The molecule has 0 saturated heterocycles. The fraction of sp³-hybridized carbons (Fsp3) is 0.154. The smallest absolute Gasteiger partial charge is 0.262 e. The summed E-state index contributed by atoms with van der Waals surface area (Å²) < 4.78 is 12.5. The molecule has 0 radical (unpaired) electrons. The zero-order valence-electron chi connectivity index (χ0n) is 18.7. The molecular formula is C26H22N4O3S. The average Bonchev–Trinajstić information content (AvgIpc) is 3.37. The molecule has 5 rings (SSSR count). The van der Waals surface area contributed by atoms with Crippen LogP contribution in [-0.2, 0) is 5.75 Å². The number of hydrogen-bond donors (Lipinski definition) is 0. The summed E-state index contributed by atoms with van der Waals surface area (Å²) in [7, 11) is 1.62. The second kappa shape index (κ2) is 9.52. The van der Waals surface area contributed by atoms with E-state index in [-0.39, 0.29) is 11.6 Å². The van der Waals surface area contributed by atoms with Gasteiger partial charge in [-0.2, -0.15) is 4.98 Å². The zero-order chi connectivity index (χ0) is 23.5. The van der Waals surface area contributed by atoms with Crippen LogP contribution in [0.4, 0.5) is 0 Å². The van der Waals surface area contributed by atoms with Gasteiger partial charge in [-0.25, -0.2) is 4.98 Å². The SMILES string of the molecule is COc1cccc(-c2noc(CSc3nc4ccccc4c(=O)n3C(C)c3ccccc3)n2)c1. The first kappa shape index (κ1) is 21.9. The summed E-state index contributed by atoms with van der Waals surface area (Å²) in [5, 5.41) is 5.29. The van der Waals surface area contributed by atoms with E-state index in [1.807, 2.05) is 85.8 Å². The Morgan fingerprint density at radius 1 is 1.00 bits per heavy atom. The quantitative estimate of drug-likeness (QED) is 0.234. The van der Waals surface area contributed by atoms with Crippen molar-refractivity contribution < 1.29 is 9.26 Å². The molecule has 0 aliphatic carbocycles. The molecule has 2 heterocycles. The lowest BCUT2D eigenvalue weighted by Gasteiger charge is -2.19. The van der Waals surface area contributed by atoms with Crippen molar-refractivity contribution in [3.63, 3.8) is 0 Å². The summed E-state index contributed by atoms with van der Waals surface area (Å²) in [6.45, 7) is 2.00. The van der Waals surface area contributed by atoms with E-state index in [9.17, 15) is 4.79 Å². The molecule has 7 nitrogen and oxygen atoms in total. The van der Waals surface area contributed by atoms with Gasteiger partial charge in [0.1, 0.15) is 5.75 Å². The van der Waals surface area contributed by atoms with Crippen molar-refractivity contribution in [2.24, 2.45) is 0 Å². The van der Waals surface area contributed by atoms with Gasteiger partial charge in [-0.15, -0.1) is 0 Å². The Morgan fingerprint density at radius 3 is 2.62 bits per heavy atom. The number of para-hydroxylation sites is 1. The van der Waals surface area contributed by atoms with E-state index in [0.717, 1.165) is 16.9 Å². The monoisotopic (exact) mass is 470 g/mol. The van der Waals surface area contributed by atoms with Gasteiger partial charge >= 0.3 is 0 Å². The molecular weight excluding hydrogens is 448 g/mol. The standard InChI is InChI=1S/C26H22N4O3S/c1-17(18-9-4-3-5-10-18)30-25(31)21-13-6-7-14-22(21)27-26(30)34-16-23-28-24(29-33-23)19-11-8-12-20(15-19)32-2/h3-15,17H,16H2,1-2H3. The third-order valence-corrected chi connectivity index (χ3v) is 6.50. The minimum atomic E-state index is -0.191. The van der Waals surface area contributed by atoms with Crippen LogP contribution in [0, 0.1) is 0 Å². The number of rotatable bonds is 7. The molecule has 3 aromatic carbocycles. The lowest BCUT2D eigenvalue weighted by Crippen LogP contribution is -2.27. The fourth-order valence-corrected chi connectivity index (χ4v) is 4.68. The van der Waals surface area contributed by atoms with E-state index in [4.69, 9.17) is 14.2 Å². The van der Waals surface area contributed by atoms with Gasteiger partial charge in [-0.3, -0.25) is 9.36 Å². The van der Waals surface area contributed by atoms with Crippen molar-refractivity contribution in [3.05, 3.63) is 101 Å². The third-order valence-electron chi connectivity index (χ3n) is 5.57.